The topological polar surface area (TPSA) is 12.0 Å². The second-order valence-electron chi connectivity index (χ2n) is 5.92. The van der Waals surface area contributed by atoms with Gasteiger partial charge >= 0.3 is 0 Å². The third-order valence-electron chi connectivity index (χ3n) is 3.58. The molecule has 1 nitrogen and oxygen atoms in total. The van der Waals surface area contributed by atoms with E-state index in [-0.39, 0.29) is 11.6 Å². The predicted octanol–water partition coefficient (Wildman–Crippen LogP) is 5.14. The Morgan fingerprint density at radius 2 is 1.85 bits per heavy atom. The minimum atomic E-state index is -0.439. The first-order valence-corrected chi connectivity index (χ1v) is 7.65. The predicted molar refractivity (Wildman–Crippen MR) is 80.8 cm³/mol. The summed E-state index contributed by atoms with van der Waals surface area (Å²) in [6.45, 7) is 8.86. The van der Waals surface area contributed by atoms with Gasteiger partial charge in [0.05, 0.1) is 0 Å². The van der Waals surface area contributed by atoms with Crippen LogP contribution in [0.15, 0.2) is 12.1 Å². The molecule has 0 radical (unpaired) electrons. The van der Waals surface area contributed by atoms with Crippen molar-refractivity contribution in [3.8, 4) is 0 Å². The highest BCUT2D eigenvalue weighted by Crippen LogP contribution is 2.27. The van der Waals surface area contributed by atoms with Gasteiger partial charge in [-0.15, -0.1) is 0 Å². The highest BCUT2D eigenvalue weighted by molar-refractivity contribution is 5.29. The molecule has 0 aliphatic carbocycles. The average Bonchev–Trinajstić information content (AvgIpc) is 2.39. The molecule has 1 unspecified atom stereocenters. The fraction of sp³-hybridized carbons (Fsp3) is 0.647. The van der Waals surface area contributed by atoms with Crippen molar-refractivity contribution in [1.82, 2.24) is 5.32 Å². The van der Waals surface area contributed by atoms with Crippen molar-refractivity contribution in [2.75, 3.05) is 6.54 Å². The molecule has 0 saturated carbocycles. The Morgan fingerprint density at radius 3 is 2.45 bits per heavy atom. The summed E-state index contributed by atoms with van der Waals surface area (Å²) in [6.07, 6.45) is 3.79. The first-order valence-electron chi connectivity index (χ1n) is 7.65. The quantitative estimate of drug-likeness (QED) is 0.696. The smallest absolute Gasteiger partial charge is 0.133 e. The second kappa shape index (κ2) is 8.35. The second-order valence-corrected chi connectivity index (χ2v) is 5.92. The Labute approximate surface area is 121 Å². The van der Waals surface area contributed by atoms with E-state index in [0.29, 0.717) is 11.5 Å². The Kier molecular flexibility index (Phi) is 7.14. The number of benzene rings is 1. The van der Waals surface area contributed by atoms with Gasteiger partial charge in [0.1, 0.15) is 11.6 Å². The summed E-state index contributed by atoms with van der Waals surface area (Å²) in [6, 6.07) is 2.64. The van der Waals surface area contributed by atoms with Crippen molar-refractivity contribution in [2.24, 2.45) is 5.92 Å². The molecule has 0 spiro atoms. The van der Waals surface area contributed by atoms with E-state index >= 15 is 0 Å². The molecule has 1 rings (SSSR count). The Bertz CT molecular complexity index is 416. The third-order valence-corrected chi connectivity index (χ3v) is 3.58. The van der Waals surface area contributed by atoms with Gasteiger partial charge in [-0.25, -0.2) is 8.78 Å². The summed E-state index contributed by atoms with van der Waals surface area (Å²) < 4.78 is 28.3. The van der Waals surface area contributed by atoms with Crippen LogP contribution in [0.25, 0.3) is 0 Å². The van der Waals surface area contributed by atoms with Gasteiger partial charge in [0, 0.05) is 11.6 Å². The fourth-order valence-corrected chi connectivity index (χ4v) is 2.40. The van der Waals surface area contributed by atoms with E-state index < -0.39 is 11.6 Å². The molecule has 0 aromatic heterocycles. The number of rotatable bonds is 8. The van der Waals surface area contributed by atoms with Gasteiger partial charge in [-0.2, -0.15) is 0 Å². The maximum atomic E-state index is 14.2. The largest absolute Gasteiger partial charge is 0.310 e. The number of hydrogen-bond donors (Lipinski definition) is 1. The molecule has 0 bridgehead atoms. The van der Waals surface area contributed by atoms with Crippen LogP contribution < -0.4 is 5.32 Å². The van der Waals surface area contributed by atoms with Crippen molar-refractivity contribution in [2.45, 2.75) is 59.4 Å². The molecule has 1 aromatic rings. The van der Waals surface area contributed by atoms with Crippen LogP contribution in [0.1, 0.15) is 63.6 Å². The lowest BCUT2D eigenvalue weighted by Crippen LogP contribution is -2.24. The minimum Gasteiger partial charge on any atom is -0.310 e. The van der Waals surface area contributed by atoms with E-state index in [4.69, 9.17) is 0 Å². The van der Waals surface area contributed by atoms with Crippen LogP contribution in [-0.2, 0) is 0 Å². The van der Waals surface area contributed by atoms with Crippen molar-refractivity contribution < 1.29 is 8.78 Å². The molecule has 0 aliphatic heterocycles. The monoisotopic (exact) mass is 283 g/mol. The van der Waals surface area contributed by atoms with Crippen LogP contribution in [0.4, 0.5) is 8.78 Å². The number of hydrogen-bond acceptors (Lipinski definition) is 1. The van der Waals surface area contributed by atoms with Crippen molar-refractivity contribution >= 4 is 0 Å². The van der Waals surface area contributed by atoms with Gasteiger partial charge in [-0.3, -0.25) is 0 Å². The number of nitrogens with one attached hydrogen (secondary N) is 1. The lowest BCUT2D eigenvalue weighted by atomic mass is 9.95. The minimum absolute atomic E-state index is 0.210. The van der Waals surface area contributed by atoms with Crippen LogP contribution in [0.3, 0.4) is 0 Å². The Hall–Kier alpha value is -0.960. The molecule has 20 heavy (non-hydrogen) atoms. The summed E-state index contributed by atoms with van der Waals surface area (Å²) >= 11 is 0. The zero-order valence-corrected chi connectivity index (χ0v) is 13.1. The van der Waals surface area contributed by atoms with E-state index in [9.17, 15) is 8.78 Å². The lowest BCUT2D eigenvalue weighted by Gasteiger charge is -2.21. The van der Waals surface area contributed by atoms with Crippen LogP contribution in [0.5, 0.6) is 0 Å². The van der Waals surface area contributed by atoms with Gasteiger partial charge < -0.3 is 5.32 Å². The van der Waals surface area contributed by atoms with Gasteiger partial charge in [0.25, 0.3) is 0 Å². The van der Waals surface area contributed by atoms with E-state index in [0.717, 1.165) is 32.2 Å². The van der Waals surface area contributed by atoms with Gasteiger partial charge in [0.15, 0.2) is 0 Å². The molecule has 0 fully saturated rings. The maximum Gasteiger partial charge on any atom is 0.133 e. The molecule has 0 amide bonds. The highest BCUT2D eigenvalue weighted by atomic mass is 19.1. The molecular weight excluding hydrogens is 256 g/mol. The van der Waals surface area contributed by atoms with Gasteiger partial charge in [-0.05, 0) is 43.9 Å². The summed E-state index contributed by atoms with van der Waals surface area (Å²) in [5.41, 5.74) is 0.718. The van der Waals surface area contributed by atoms with E-state index in [1.165, 1.54) is 12.1 Å². The zero-order valence-electron chi connectivity index (χ0n) is 13.1. The van der Waals surface area contributed by atoms with E-state index in [1.807, 2.05) is 0 Å². The molecule has 3 heteroatoms. The van der Waals surface area contributed by atoms with E-state index in [2.05, 4.69) is 26.1 Å². The van der Waals surface area contributed by atoms with Crippen molar-refractivity contribution in [3.63, 3.8) is 0 Å². The van der Waals surface area contributed by atoms with Gasteiger partial charge in [-0.1, -0.05) is 39.7 Å². The molecule has 1 aromatic carbocycles. The fourth-order valence-electron chi connectivity index (χ4n) is 2.40. The molecule has 1 atom stereocenters. The average molecular weight is 283 g/mol. The highest BCUT2D eigenvalue weighted by Gasteiger charge is 2.20. The Balaban J connectivity index is 2.89. The molecular formula is C17H27F2N. The van der Waals surface area contributed by atoms with Gasteiger partial charge in [0.2, 0.25) is 0 Å². The number of aryl methyl sites for hydroxylation is 1. The third kappa shape index (κ3) is 4.86. The summed E-state index contributed by atoms with van der Waals surface area (Å²) in [5.74, 6) is -0.219. The normalized spacial score (nSPS) is 12.9. The molecule has 0 saturated heterocycles. The summed E-state index contributed by atoms with van der Waals surface area (Å²) in [7, 11) is 0. The zero-order chi connectivity index (χ0) is 15.1. The van der Waals surface area contributed by atoms with Crippen molar-refractivity contribution in [1.29, 1.82) is 0 Å². The SMILES string of the molecule is CCCNC(CCCC(C)C)c1c(F)ccc(C)c1F. The van der Waals surface area contributed by atoms with Crippen molar-refractivity contribution in [3.05, 3.63) is 34.9 Å². The maximum absolute atomic E-state index is 14.2. The molecule has 114 valence electrons. The van der Waals surface area contributed by atoms with Crippen LogP contribution in [0, 0.1) is 24.5 Å². The molecule has 0 aliphatic rings. The Morgan fingerprint density at radius 1 is 1.15 bits per heavy atom. The lowest BCUT2D eigenvalue weighted by molar-refractivity contribution is 0.416. The standard InChI is InChI=1S/C17H27F2N/c1-5-11-20-15(8-6-7-12(2)3)16-14(18)10-9-13(4)17(16)19/h9-10,12,15,20H,5-8,11H2,1-4H3. The first kappa shape index (κ1) is 17.1. The van der Waals surface area contributed by atoms with Crippen LogP contribution in [-0.4, -0.2) is 6.54 Å². The number of halogens is 2. The van der Waals surface area contributed by atoms with Crippen LogP contribution in [0.2, 0.25) is 0 Å². The van der Waals surface area contributed by atoms with Crippen LogP contribution >= 0.6 is 0 Å². The summed E-state index contributed by atoms with van der Waals surface area (Å²) in [5, 5.41) is 3.29. The van der Waals surface area contributed by atoms with E-state index in [1.54, 1.807) is 6.92 Å². The molecule has 0 heterocycles. The molecule has 1 N–H and O–H groups in total. The first-order chi connectivity index (χ1) is 9.47. The summed E-state index contributed by atoms with van der Waals surface area (Å²) in [4.78, 5) is 0.